The second-order valence-electron chi connectivity index (χ2n) is 4.57. The van der Waals surface area contributed by atoms with E-state index < -0.39 is 0 Å². The van der Waals surface area contributed by atoms with Gasteiger partial charge in [0.05, 0.1) is 0 Å². The van der Waals surface area contributed by atoms with Gasteiger partial charge in [0.15, 0.2) is 11.9 Å². The van der Waals surface area contributed by atoms with E-state index in [0.717, 1.165) is 18.2 Å². The molecule has 0 aromatic heterocycles. The van der Waals surface area contributed by atoms with Gasteiger partial charge in [-0.3, -0.25) is 10.4 Å². The molecule has 0 fully saturated rings. The summed E-state index contributed by atoms with van der Waals surface area (Å²) in [6.07, 6.45) is 0. The number of nitrogens with zero attached hydrogens (tertiary/aromatic N) is 1. The first-order valence-electron chi connectivity index (χ1n) is 7.24. The Hall–Kier alpha value is -3.02. The molecule has 0 amide bonds. The lowest BCUT2D eigenvalue weighted by Gasteiger charge is -2.07. The van der Waals surface area contributed by atoms with Crippen molar-refractivity contribution in [3.8, 4) is 0 Å². The molecule has 0 bridgehead atoms. The number of hydrogen-bond donors (Lipinski definition) is 5. The molecule has 0 aliphatic rings. The van der Waals surface area contributed by atoms with E-state index in [0.29, 0.717) is 0 Å². The molecule has 2 aromatic carbocycles. The molecule has 2 aromatic rings. The summed E-state index contributed by atoms with van der Waals surface area (Å²) in [6.45, 7) is 0.800. The van der Waals surface area contributed by atoms with Crippen LogP contribution >= 0.6 is 0 Å². The van der Waals surface area contributed by atoms with Crippen LogP contribution in [0.4, 0.5) is 5.69 Å². The van der Waals surface area contributed by atoms with Crippen LogP contribution in [0, 0.1) is 5.41 Å². The molecular formula is C17H24N6. The third-order valence-electron chi connectivity index (χ3n) is 2.82. The van der Waals surface area contributed by atoms with Gasteiger partial charge in [-0.1, -0.05) is 48.5 Å². The van der Waals surface area contributed by atoms with Crippen molar-refractivity contribution in [3.63, 3.8) is 0 Å². The monoisotopic (exact) mass is 312 g/mol. The molecule has 2 rings (SSSR count). The molecule has 0 radical (unpaired) electrons. The zero-order chi connectivity index (χ0) is 16.9. The number of guanidine groups is 2. The average molecular weight is 312 g/mol. The Morgan fingerprint density at radius 3 is 2.09 bits per heavy atom. The van der Waals surface area contributed by atoms with Crippen molar-refractivity contribution in [1.82, 2.24) is 10.6 Å². The summed E-state index contributed by atoms with van der Waals surface area (Å²) in [5, 5.41) is 15.7. The second kappa shape index (κ2) is 10.7. The van der Waals surface area contributed by atoms with Gasteiger partial charge in [-0.15, -0.1) is 0 Å². The van der Waals surface area contributed by atoms with Crippen LogP contribution in [-0.4, -0.2) is 26.0 Å². The number of anilines is 1. The minimum absolute atomic E-state index is 0.0359. The lowest BCUT2D eigenvalue weighted by Crippen LogP contribution is -2.33. The summed E-state index contributed by atoms with van der Waals surface area (Å²) in [5.41, 5.74) is 7.19. The second-order valence-corrected chi connectivity index (χ2v) is 4.57. The van der Waals surface area contributed by atoms with Crippen LogP contribution in [0.25, 0.3) is 0 Å². The Morgan fingerprint density at radius 2 is 1.61 bits per heavy atom. The first-order valence-corrected chi connectivity index (χ1v) is 7.24. The summed E-state index contributed by atoms with van der Waals surface area (Å²) in [5.74, 6) is 0.773. The predicted molar refractivity (Wildman–Crippen MR) is 97.7 cm³/mol. The molecule has 0 saturated carbocycles. The summed E-state index contributed by atoms with van der Waals surface area (Å²) in [7, 11) is 3.60. The van der Waals surface area contributed by atoms with Crippen LogP contribution in [0.5, 0.6) is 0 Å². The highest BCUT2D eigenvalue weighted by molar-refractivity contribution is 5.89. The first-order chi connectivity index (χ1) is 11.2. The van der Waals surface area contributed by atoms with Crippen molar-refractivity contribution in [3.05, 3.63) is 66.2 Å². The van der Waals surface area contributed by atoms with Crippen molar-refractivity contribution in [1.29, 1.82) is 5.41 Å². The first kappa shape index (κ1) is 18.0. The van der Waals surface area contributed by atoms with Crippen molar-refractivity contribution in [2.45, 2.75) is 6.54 Å². The number of aliphatic imine (C=N–C) groups is 1. The lowest BCUT2D eigenvalue weighted by molar-refractivity contribution is 0.866. The standard InChI is InChI=1S/C10H15N3.C7H9N3/c1-11-10(12-2)13-8-9-6-4-3-5-7-9;8-7(9)10-6-4-2-1-3-5-6/h3-7H,8H2,1-2H3,(H2,11,12,13);1-5H,(H4,8,9,10). The SMILES string of the molecule is CN=C(NC)NCc1ccccc1.N=C(N)Nc1ccccc1. The Bertz CT molecular complexity index is 595. The maximum Gasteiger partial charge on any atom is 0.190 e. The van der Waals surface area contributed by atoms with Gasteiger partial charge in [-0.2, -0.15) is 0 Å². The summed E-state index contributed by atoms with van der Waals surface area (Å²) < 4.78 is 0. The van der Waals surface area contributed by atoms with Crippen molar-refractivity contribution in [2.75, 3.05) is 19.4 Å². The van der Waals surface area contributed by atoms with E-state index in [2.05, 4.69) is 33.1 Å². The van der Waals surface area contributed by atoms with Crippen molar-refractivity contribution in [2.24, 2.45) is 10.7 Å². The van der Waals surface area contributed by atoms with Crippen LogP contribution in [0.2, 0.25) is 0 Å². The van der Waals surface area contributed by atoms with E-state index in [-0.39, 0.29) is 5.96 Å². The van der Waals surface area contributed by atoms with E-state index in [1.165, 1.54) is 5.56 Å². The molecule has 6 N–H and O–H groups in total. The predicted octanol–water partition coefficient (Wildman–Crippen LogP) is 1.97. The third kappa shape index (κ3) is 8.11. The third-order valence-corrected chi connectivity index (χ3v) is 2.82. The quantitative estimate of drug-likeness (QED) is 0.442. The molecule has 0 atom stereocenters. The smallest absolute Gasteiger partial charge is 0.190 e. The van der Waals surface area contributed by atoms with Crippen LogP contribution in [0.15, 0.2) is 65.7 Å². The van der Waals surface area contributed by atoms with Gasteiger partial charge in [0.2, 0.25) is 0 Å². The Balaban J connectivity index is 0.000000238. The fourth-order valence-electron chi connectivity index (χ4n) is 1.74. The van der Waals surface area contributed by atoms with E-state index >= 15 is 0 Å². The minimum atomic E-state index is -0.0359. The van der Waals surface area contributed by atoms with Crippen LogP contribution in [0.3, 0.4) is 0 Å². The maximum absolute atomic E-state index is 6.90. The van der Waals surface area contributed by atoms with Gasteiger partial charge in [0.1, 0.15) is 0 Å². The maximum atomic E-state index is 6.90. The van der Waals surface area contributed by atoms with E-state index in [9.17, 15) is 0 Å². The number of nitrogens with two attached hydrogens (primary N) is 1. The Labute approximate surface area is 137 Å². The normalized spacial score (nSPS) is 10.1. The fourth-order valence-corrected chi connectivity index (χ4v) is 1.74. The number of nitrogens with one attached hydrogen (secondary N) is 4. The van der Waals surface area contributed by atoms with Gasteiger partial charge in [0, 0.05) is 26.3 Å². The highest BCUT2D eigenvalue weighted by atomic mass is 15.1. The molecule has 0 saturated heterocycles. The molecule has 6 nitrogen and oxygen atoms in total. The topological polar surface area (TPSA) is 98.3 Å². The molecule has 6 heteroatoms. The summed E-state index contributed by atoms with van der Waals surface area (Å²) in [6, 6.07) is 19.6. The minimum Gasteiger partial charge on any atom is -0.370 e. The fraction of sp³-hybridized carbons (Fsp3) is 0.176. The molecule has 0 spiro atoms. The highest BCUT2D eigenvalue weighted by Gasteiger charge is 1.93. The van der Waals surface area contributed by atoms with Crippen LogP contribution in [-0.2, 0) is 6.54 Å². The number of benzene rings is 2. The van der Waals surface area contributed by atoms with Gasteiger partial charge in [-0.25, -0.2) is 0 Å². The number of rotatable bonds is 3. The summed E-state index contributed by atoms with van der Waals surface area (Å²) >= 11 is 0. The van der Waals surface area contributed by atoms with E-state index in [1.807, 2.05) is 55.6 Å². The number of hydrogen-bond acceptors (Lipinski definition) is 2. The average Bonchev–Trinajstić information content (AvgIpc) is 2.58. The van der Waals surface area contributed by atoms with E-state index in [4.69, 9.17) is 11.1 Å². The molecule has 0 unspecified atom stereocenters. The molecular weight excluding hydrogens is 288 g/mol. The Kier molecular flexibility index (Phi) is 8.36. The molecule has 0 aliphatic heterocycles. The van der Waals surface area contributed by atoms with Crippen molar-refractivity contribution >= 4 is 17.6 Å². The Morgan fingerprint density at radius 1 is 1.04 bits per heavy atom. The molecule has 0 heterocycles. The van der Waals surface area contributed by atoms with Crippen LogP contribution in [0.1, 0.15) is 5.56 Å². The van der Waals surface area contributed by atoms with Gasteiger partial charge in [-0.05, 0) is 17.7 Å². The van der Waals surface area contributed by atoms with Gasteiger partial charge in [0.25, 0.3) is 0 Å². The number of para-hydroxylation sites is 1. The molecule has 0 aliphatic carbocycles. The zero-order valence-electron chi connectivity index (χ0n) is 13.5. The largest absolute Gasteiger partial charge is 0.370 e. The zero-order valence-corrected chi connectivity index (χ0v) is 13.5. The summed E-state index contributed by atoms with van der Waals surface area (Å²) in [4.78, 5) is 4.02. The molecule has 122 valence electrons. The van der Waals surface area contributed by atoms with E-state index in [1.54, 1.807) is 7.05 Å². The lowest BCUT2D eigenvalue weighted by atomic mass is 10.2. The van der Waals surface area contributed by atoms with Crippen molar-refractivity contribution < 1.29 is 0 Å². The van der Waals surface area contributed by atoms with Crippen LogP contribution < -0.4 is 21.7 Å². The molecule has 23 heavy (non-hydrogen) atoms. The van der Waals surface area contributed by atoms with Gasteiger partial charge < -0.3 is 21.7 Å². The highest BCUT2D eigenvalue weighted by Crippen LogP contribution is 2.02. The van der Waals surface area contributed by atoms with Gasteiger partial charge >= 0.3 is 0 Å².